The quantitative estimate of drug-likeness (QED) is 0.446. The number of nitrogens with one attached hydrogen (secondary N) is 2. The number of guanidine groups is 1. The van der Waals surface area contributed by atoms with Gasteiger partial charge in [0.1, 0.15) is 0 Å². The van der Waals surface area contributed by atoms with E-state index >= 15 is 0 Å². The Bertz CT molecular complexity index is 500. The van der Waals surface area contributed by atoms with E-state index in [1.54, 1.807) is 6.20 Å². The van der Waals surface area contributed by atoms with Crippen molar-refractivity contribution in [3.05, 3.63) is 18.5 Å². The second kappa shape index (κ2) is 8.91. The molecule has 136 valence electrons. The van der Waals surface area contributed by atoms with E-state index in [1.807, 2.05) is 23.9 Å². The third kappa shape index (κ3) is 6.77. The summed E-state index contributed by atoms with van der Waals surface area (Å²) in [4.78, 5) is 5.92. The summed E-state index contributed by atoms with van der Waals surface area (Å²) >= 11 is 0. The SMILES string of the molecule is CCNC(=NCCCn1cccn1)NC1CCN(CC(F)(F)F)C1. The van der Waals surface area contributed by atoms with Crippen LogP contribution in [0.15, 0.2) is 23.5 Å². The van der Waals surface area contributed by atoms with Crippen molar-refractivity contribution in [3.63, 3.8) is 0 Å². The lowest BCUT2D eigenvalue weighted by molar-refractivity contribution is -0.143. The molecule has 2 rings (SSSR count). The highest BCUT2D eigenvalue weighted by Crippen LogP contribution is 2.19. The Morgan fingerprint density at radius 2 is 2.25 bits per heavy atom. The van der Waals surface area contributed by atoms with Gasteiger partial charge in [-0.15, -0.1) is 0 Å². The lowest BCUT2D eigenvalue weighted by Gasteiger charge is -2.19. The minimum atomic E-state index is -4.14. The summed E-state index contributed by atoms with van der Waals surface area (Å²) in [5, 5.41) is 10.5. The van der Waals surface area contributed by atoms with E-state index in [9.17, 15) is 13.2 Å². The van der Waals surface area contributed by atoms with E-state index in [0.717, 1.165) is 13.0 Å². The molecule has 1 fully saturated rings. The van der Waals surface area contributed by atoms with Gasteiger partial charge in [0, 0.05) is 51.2 Å². The fourth-order valence-electron chi connectivity index (χ4n) is 2.72. The molecule has 0 aromatic carbocycles. The van der Waals surface area contributed by atoms with E-state index in [-0.39, 0.29) is 6.04 Å². The largest absolute Gasteiger partial charge is 0.401 e. The van der Waals surface area contributed by atoms with E-state index in [4.69, 9.17) is 0 Å². The fraction of sp³-hybridized carbons (Fsp3) is 0.733. The van der Waals surface area contributed by atoms with Crippen molar-refractivity contribution in [2.45, 2.75) is 38.5 Å². The van der Waals surface area contributed by atoms with E-state index in [0.29, 0.717) is 38.6 Å². The van der Waals surface area contributed by atoms with Crippen LogP contribution in [-0.2, 0) is 6.54 Å². The first-order valence-electron chi connectivity index (χ1n) is 8.27. The lowest BCUT2D eigenvalue weighted by atomic mass is 10.3. The summed E-state index contributed by atoms with van der Waals surface area (Å²) in [7, 11) is 0. The van der Waals surface area contributed by atoms with Crippen LogP contribution in [0.5, 0.6) is 0 Å². The molecule has 2 heterocycles. The summed E-state index contributed by atoms with van der Waals surface area (Å²) in [6.45, 7) is 4.10. The van der Waals surface area contributed by atoms with Crippen molar-refractivity contribution in [2.75, 3.05) is 32.7 Å². The number of hydrogen-bond acceptors (Lipinski definition) is 3. The second-order valence-electron chi connectivity index (χ2n) is 5.86. The van der Waals surface area contributed by atoms with Crippen LogP contribution in [-0.4, -0.2) is 65.6 Å². The molecule has 1 saturated heterocycles. The molecular formula is C15H25F3N6. The average molecular weight is 346 g/mol. The molecule has 6 nitrogen and oxygen atoms in total. The summed E-state index contributed by atoms with van der Waals surface area (Å²) in [6.07, 6.45) is 1.04. The highest BCUT2D eigenvalue weighted by atomic mass is 19.4. The first-order chi connectivity index (χ1) is 11.5. The van der Waals surface area contributed by atoms with Crippen LogP contribution < -0.4 is 10.6 Å². The predicted octanol–water partition coefficient (Wildman–Crippen LogP) is 1.46. The molecule has 0 spiro atoms. The summed E-state index contributed by atoms with van der Waals surface area (Å²) in [6, 6.07) is 1.87. The standard InChI is InChI=1S/C15H25F3N6/c1-2-19-14(20-6-3-8-24-9-4-7-21-24)22-13-5-10-23(11-13)12-15(16,17)18/h4,7,9,13H,2-3,5-6,8,10-12H2,1H3,(H2,19,20,22). The number of aromatic nitrogens is 2. The van der Waals surface area contributed by atoms with Crippen LogP contribution in [0.3, 0.4) is 0 Å². The zero-order chi connectivity index (χ0) is 17.4. The zero-order valence-corrected chi connectivity index (χ0v) is 13.9. The van der Waals surface area contributed by atoms with Crippen molar-refractivity contribution >= 4 is 5.96 Å². The van der Waals surface area contributed by atoms with Gasteiger partial charge in [-0.3, -0.25) is 14.6 Å². The smallest absolute Gasteiger partial charge is 0.357 e. The van der Waals surface area contributed by atoms with E-state index in [1.165, 1.54) is 4.90 Å². The maximum Gasteiger partial charge on any atom is 0.401 e. The molecular weight excluding hydrogens is 321 g/mol. The Balaban J connectivity index is 1.75. The fourth-order valence-corrected chi connectivity index (χ4v) is 2.72. The van der Waals surface area contributed by atoms with Crippen LogP contribution >= 0.6 is 0 Å². The lowest BCUT2D eigenvalue weighted by Crippen LogP contribution is -2.45. The number of hydrogen-bond donors (Lipinski definition) is 2. The topological polar surface area (TPSA) is 57.5 Å². The van der Waals surface area contributed by atoms with Crippen molar-refractivity contribution < 1.29 is 13.2 Å². The van der Waals surface area contributed by atoms with Crippen molar-refractivity contribution in [1.82, 2.24) is 25.3 Å². The molecule has 9 heteroatoms. The Hall–Kier alpha value is -1.77. The van der Waals surface area contributed by atoms with Crippen molar-refractivity contribution in [1.29, 1.82) is 0 Å². The predicted molar refractivity (Wildman–Crippen MR) is 86.9 cm³/mol. The van der Waals surface area contributed by atoms with Crippen LogP contribution in [0, 0.1) is 0 Å². The maximum absolute atomic E-state index is 12.4. The number of alkyl halides is 3. The molecule has 1 aliphatic rings. The van der Waals surface area contributed by atoms with Gasteiger partial charge in [-0.05, 0) is 25.8 Å². The summed E-state index contributed by atoms with van der Waals surface area (Å²) in [5.41, 5.74) is 0. The van der Waals surface area contributed by atoms with Gasteiger partial charge in [0.2, 0.25) is 0 Å². The number of nitrogens with zero attached hydrogens (tertiary/aromatic N) is 4. The first-order valence-corrected chi connectivity index (χ1v) is 8.27. The average Bonchev–Trinajstić information content (AvgIpc) is 3.14. The van der Waals surface area contributed by atoms with E-state index < -0.39 is 12.7 Å². The number of rotatable bonds is 7. The van der Waals surface area contributed by atoms with Crippen LogP contribution in [0.1, 0.15) is 19.8 Å². The Kier molecular flexibility index (Phi) is 6.89. The monoisotopic (exact) mass is 346 g/mol. The van der Waals surface area contributed by atoms with Gasteiger partial charge in [-0.1, -0.05) is 0 Å². The first kappa shape index (κ1) is 18.6. The molecule has 0 saturated carbocycles. The highest BCUT2D eigenvalue weighted by molar-refractivity contribution is 5.80. The Morgan fingerprint density at radius 1 is 1.42 bits per heavy atom. The molecule has 1 unspecified atom stereocenters. The number of aliphatic imine (C=N–C) groups is 1. The zero-order valence-electron chi connectivity index (χ0n) is 13.9. The number of halogens is 3. The van der Waals surface area contributed by atoms with Gasteiger partial charge < -0.3 is 10.6 Å². The molecule has 1 aliphatic heterocycles. The summed E-state index contributed by atoms with van der Waals surface area (Å²) < 4.78 is 39.2. The van der Waals surface area contributed by atoms with E-state index in [2.05, 4.69) is 20.7 Å². The number of likely N-dealkylation sites (tertiary alicyclic amines) is 1. The normalized spacial score (nSPS) is 19.7. The maximum atomic E-state index is 12.4. The minimum Gasteiger partial charge on any atom is -0.357 e. The Labute approximate surface area is 140 Å². The summed E-state index contributed by atoms with van der Waals surface area (Å²) in [5.74, 6) is 0.664. The molecule has 24 heavy (non-hydrogen) atoms. The molecule has 2 N–H and O–H groups in total. The molecule has 0 radical (unpaired) electrons. The second-order valence-corrected chi connectivity index (χ2v) is 5.86. The molecule has 0 bridgehead atoms. The van der Waals surface area contributed by atoms with Gasteiger partial charge in [0.25, 0.3) is 0 Å². The molecule has 0 aliphatic carbocycles. The molecule has 1 aromatic heterocycles. The number of aryl methyl sites for hydroxylation is 1. The third-order valence-electron chi connectivity index (χ3n) is 3.73. The molecule has 1 aromatic rings. The molecule has 1 atom stereocenters. The Morgan fingerprint density at radius 3 is 2.92 bits per heavy atom. The molecule has 0 amide bonds. The van der Waals surface area contributed by atoms with Crippen LogP contribution in [0.2, 0.25) is 0 Å². The van der Waals surface area contributed by atoms with Gasteiger partial charge >= 0.3 is 6.18 Å². The van der Waals surface area contributed by atoms with Gasteiger partial charge in [-0.25, -0.2) is 0 Å². The van der Waals surface area contributed by atoms with Crippen LogP contribution in [0.25, 0.3) is 0 Å². The van der Waals surface area contributed by atoms with Gasteiger partial charge in [0.15, 0.2) is 5.96 Å². The van der Waals surface area contributed by atoms with Gasteiger partial charge in [-0.2, -0.15) is 18.3 Å². The van der Waals surface area contributed by atoms with Crippen LogP contribution in [0.4, 0.5) is 13.2 Å². The van der Waals surface area contributed by atoms with Crippen molar-refractivity contribution in [2.24, 2.45) is 4.99 Å². The minimum absolute atomic E-state index is 0.00346. The third-order valence-corrected chi connectivity index (χ3v) is 3.73. The highest BCUT2D eigenvalue weighted by Gasteiger charge is 2.34. The van der Waals surface area contributed by atoms with Crippen molar-refractivity contribution in [3.8, 4) is 0 Å². The van der Waals surface area contributed by atoms with Gasteiger partial charge in [0.05, 0.1) is 6.54 Å².